The minimum absolute atomic E-state index is 0.186. The van der Waals surface area contributed by atoms with Crippen LogP contribution < -0.4 is 21.5 Å². The first-order valence-corrected chi connectivity index (χ1v) is 10.3. The third kappa shape index (κ3) is 6.71. The zero-order valence-corrected chi connectivity index (χ0v) is 17.2. The van der Waals surface area contributed by atoms with Gasteiger partial charge in [-0.05, 0) is 55.5 Å². The first kappa shape index (κ1) is 22.6. The Kier molecular flexibility index (Phi) is 7.88. The van der Waals surface area contributed by atoms with Gasteiger partial charge in [-0.3, -0.25) is 0 Å². The lowest BCUT2D eigenvalue weighted by Gasteiger charge is -2.14. The molecule has 3 rings (SSSR count). The van der Waals surface area contributed by atoms with Crippen molar-refractivity contribution in [2.75, 3.05) is 6.54 Å². The summed E-state index contributed by atoms with van der Waals surface area (Å²) in [6.45, 7) is 0.730. The molecule has 0 radical (unpaired) electrons. The number of carbonyl (C=O) groups is 3. The Morgan fingerprint density at radius 3 is 2.13 bits per heavy atom. The summed E-state index contributed by atoms with van der Waals surface area (Å²) in [5.74, 6) is -1.54. The van der Waals surface area contributed by atoms with Gasteiger partial charge < -0.3 is 26.3 Å². The average Bonchev–Trinajstić information content (AvgIpc) is 3.31. The van der Waals surface area contributed by atoms with Gasteiger partial charge in [-0.25, -0.2) is 14.4 Å². The van der Waals surface area contributed by atoms with Crippen LogP contribution in [0.15, 0.2) is 54.6 Å². The first-order chi connectivity index (χ1) is 14.9. The number of ether oxygens (including phenoxy) is 2. The number of nitrogens with one attached hydrogen (secondary N) is 1. The van der Waals surface area contributed by atoms with Crippen molar-refractivity contribution >= 4 is 17.9 Å². The summed E-state index contributed by atoms with van der Waals surface area (Å²) in [7, 11) is 0. The molecule has 3 atom stereocenters. The van der Waals surface area contributed by atoms with Crippen LogP contribution in [0.3, 0.4) is 0 Å². The molecule has 1 aliphatic rings. The summed E-state index contributed by atoms with van der Waals surface area (Å²) in [5, 5.41) is 2.98. The van der Waals surface area contributed by atoms with Gasteiger partial charge >= 0.3 is 17.9 Å². The number of benzene rings is 2. The summed E-state index contributed by atoms with van der Waals surface area (Å²) < 4.78 is 10.2. The minimum Gasteiger partial charge on any atom is -0.425 e. The number of esters is 3. The van der Waals surface area contributed by atoms with Gasteiger partial charge in [0.1, 0.15) is 23.9 Å². The molecule has 1 heterocycles. The van der Waals surface area contributed by atoms with Gasteiger partial charge in [0.25, 0.3) is 0 Å². The van der Waals surface area contributed by atoms with Crippen LogP contribution in [0.1, 0.15) is 24.0 Å². The van der Waals surface area contributed by atoms with E-state index in [0.717, 1.165) is 24.1 Å². The minimum atomic E-state index is -0.974. The fourth-order valence-electron chi connectivity index (χ4n) is 3.31. The molecule has 1 saturated heterocycles. The zero-order chi connectivity index (χ0) is 22.2. The van der Waals surface area contributed by atoms with Crippen LogP contribution in [0, 0.1) is 0 Å². The molecule has 0 saturated carbocycles. The van der Waals surface area contributed by atoms with Gasteiger partial charge in [-0.2, -0.15) is 0 Å². The van der Waals surface area contributed by atoms with Crippen LogP contribution in [0.4, 0.5) is 0 Å². The van der Waals surface area contributed by atoms with Crippen molar-refractivity contribution in [3.05, 3.63) is 65.7 Å². The monoisotopic (exact) mass is 425 g/mol. The highest BCUT2D eigenvalue weighted by Crippen LogP contribution is 2.15. The smallest absolute Gasteiger partial charge is 0.330 e. The third-order valence-corrected chi connectivity index (χ3v) is 5.05. The van der Waals surface area contributed by atoms with E-state index in [-0.39, 0.29) is 6.42 Å². The van der Waals surface area contributed by atoms with E-state index in [1.807, 2.05) is 30.3 Å². The fourth-order valence-corrected chi connectivity index (χ4v) is 3.31. The predicted molar refractivity (Wildman–Crippen MR) is 114 cm³/mol. The molecule has 0 bridgehead atoms. The number of nitrogens with two attached hydrogens (primary N) is 2. The van der Waals surface area contributed by atoms with Crippen molar-refractivity contribution in [3.8, 4) is 5.75 Å². The highest BCUT2D eigenvalue weighted by molar-refractivity contribution is 5.91. The maximum Gasteiger partial charge on any atom is 0.330 e. The molecule has 0 unspecified atom stereocenters. The average molecular weight is 425 g/mol. The second kappa shape index (κ2) is 10.8. The summed E-state index contributed by atoms with van der Waals surface area (Å²) in [4.78, 5) is 36.2. The quantitative estimate of drug-likeness (QED) is 0.322. The van der Waals surface area contributed by atoms with E-state index in [2.05, 4.69) is 5.32 Å². The van der Waals surface area contributed by atoms with E-state index in [9.17, 15) is 14.4 Å². The standard InChI is InChI=1S/C23H27N3O5/c24-18(13-15-5-2-1-3-6-15)21(27)30-17-10-8-16(9-11-17)14-19(25)22(28)31-23(29)20-7-4-12-26-20/h1-3,5-6,8-11,18-20,26H,4,7,12-14,24-25H2/t18-,19-,20-/m0/s1. The molecule has 0 aromatic heterocycles. The first-order valence-electron chi connectivity index (χ1n) is 10.3. The van der Waals surface area contributed by atoms with E-state index >= 15 is 0 Å². The highest BCUT2D eigenvalue weighted by atomic mass is 16.6. The van der Waals surface area contributed by atoms with Gasteiger partial charge in [0.2, 0.25) is 0 Å². The van der Waals surface area contributed by atoms with E-state index in [1.54, 1.807) is 24.3 Å². The molecule has 0 spiro atoms. The Hall–Kier alpha value is -3.07. The van der Waals surface area contributed by atoms with Crippen molar-refractivity contribution in [1.29, 1.82) is 0 Å². The second-order valence-electron chi connectivity index (χ2n) is 7.56. The summed E-state index contributed by atoms with van der Waals surface area (Å²) in [6.07, 6.45) is 2.08. The molecule has 1 aliphatic heterocycles. The van der Waals surface area contributed by atoms with Crippen LogP contribution in [0.2, 0.25) is 0 Å². The molecule has 8 heteroatoms. The molecule has 31 heavy (non-hydrogen) atoms. The van der Waals surface area contributed by atoms with Crippen molar-refractivity contribution in [2.24, 2.45) is 11.5 Å². The summed E-state index contributed by atoms with van der Waals surface area (Å²) in [6, 6.07) is 13.9. The zero-order valence-electron chi connectivity index (χ0n) is 17.2. The number of carbonyl (C=O) groups excluding carboxylic acids is 3. The number of hydrogen-bond donors (Lipinski definition) is 3. The molecule has 5 N–H and O–H groups in total. The maximum atomic E-state index is 12.2. The number of hydrogen-bond acceptors (Lipinski definition) is 8. The Morgan fingerprint density at radius 2 is 1.52 bits per heavy atom. The third-order valence-electron chi connectivity index (χ3n) is 5.05. The van der Waals surface area contributed by atoms with E-state index in [4.69, 9.17) is 20.9 Å². The Morgan fingerprint density at radius 1 is 0.903 bits per heavy atom. The highest BCUT2D eigenvalue weighted by Gasteiger charge is 2.27. The molecule has 0 aliphatic carbocycles. The lowest BCUT2D eigenvalue weighted by molar-refractivity contribution is -0.161. The largest absolute Gasteiger partial charge is 0.425 e. The molecular weight excluding hydrogens is 398 g/mol. The molecule has 164 valence electrons. The van der Waals surface area contributed by atoms with Crippen LogP contribution in [0.25, 0.3) is 0 Å². The van der Waals surface area contributed by atoms with E-state index in [0.29, 0.717) is 18.6 Å². The lowest BCUT2D eigenvalue weighted by Crippen LogP contribution is -2.40. The Bertz CT molecular complexity index is 895. The van der Waals surface area contributed by atoms with Gasteiger partial charge in [0.15, 0.2) is 0 Å². The van der Waals surface area contributed by atoms with Gasteiger partial charge in [0.05, 0.1) is 0 Å². The van der Waals surface area contributed by atoms with Crippen LogP contribution >= 0.6 is 0 Å². The SMILES string of the molecule is N[C@@H](Cc1ccc(OC(=O)[C@@H](N)Cc2ccccc2)cc1)C(=O)OC(=O)[C@@H]1CCCN1. The normalized spacial score (nSPS) is 17.5. The van der Waals surface area contributed by atoms with Crippen molar-refractivity contribution in [1.82, 2.24) is 5.32 Å². The topological polar surface area (TPSA) is 134 Å². The molecule has 8 nitrogen and oxygen atoms in total. The lowest BCUT2D eigenvalue weighted by atomic mass is 10.1. The van der Waals surface area contributed by atoms with Crippen LogP contribution in [-0.4, -0.2) is 42.6 Å². The van der Waals surface area contributed by atoms with E-state index < -0.39 is 36.0 Å². The van der Waals surface area contributed by atoms with Gasteiger partial charge in [0, 0.05) is 0 Å². The predicted octanol–water partition coefficient (Wildman–Crippen LogP) is 0.854. The molecule has 2 aromatic rings. The Balaban J connectivity index is 1.47. The molecule has 2 aromatic carbocycles. The molecule has 0 amide bonds. The van der Waals surface area contributed by atoms with Crippen molar-refractivity contribution < 1.29 is 23.9 Å². The Labute approximate surface area is 180 Å². The molecule has 1 fully saturated rings. The molecular formula is C23H27N3O5. The van der Waals surface area contributed by atoms with E-state index in [1.165, 1.54) is 0 Å². The second-order valence-corrected chi connectivity index (χ2v) is 7.56. The van der Waals surface area contributed by atoms with Crippen LogP contribution in [-0.2, 0) is 32.0 Å². The summed E-state index contributed by atoms with van der Waals surface area (Å²) >= 11 is 0. The van der Waals surface area contributed by atoms with Gasteiger partial charge in [-0.1, -0.05) is 42.5 Å². The maximum absolute atomic E-state index is 12.2. The fraction of sp³-hybridized carbons (Fsp3) is 0.348. The van der Waals surface area contributed by atoms with Crippen molar-refractivity contribution in [3.63, 3.8) is 0 Å². The van der Waals surface area contributed by atoms with Crippen LogP contribution in [0.5, 0.6) is 5.75 Å². The van der Waals surface area contributed by atoms with Gasteiger partial charge in [-0.15, -0.1) is 0 Å². The van der Waals surface area contributed by atoms with Crippen molar-refractivity contribution in [2.45, 2.75) is 43.8 Å². The summed E-state index contributed by atoms with van der Waals surface area (Å²) in [5.41, 5.74) is 13.5. The number of rotatable bonds is 8.